The number of thiol groups is 1. The molecule has 0 aromatic carbocycles. The van der Waals surface area contributed by atoms with Crippen molar-refractivity contribution >= 4 is 34.1 Å². The van der Waals surface area contributed by atoms with Crippen molar-refractivity contribution in [3.05, 3.63) is 0 Å². The maximum Gasteiger partial charge on any atom is 0.0278 e. The van der Waals surface area contributed by atoms with Gasteiger partial charge in [0, 0.05) is 13.0 Å². The molecule has 0 aromatic heterocycles. The van der Waals surface area contributed by atoms with Crippen LogP contribution in [0.2, 0.25) is 9.63 Å². The molecule has 0 spiro atoms. The van der Waals surface area contributed by atoms with E-state index in [2.05, 4.69) is 11.9 Å². The molecule has 1 aliphatic heterocycles. The van der Waals surface area contributed by atoms with Crippen molar-refractivity contribution in [1.82, 2.24) is 0 Å². The molecule has 0 bridgehead atoms. The van der Waals surface area contributed by atoms with Crippen LogP contribution in [-0.4, -0.2) is 27.6 Å². The second kappa shape index (κ2) is 8.76. The summed E-state index contributed by atoms with van der Waals surface area (Å²) in [4.78, 5) is 15.1. The van der Waals surface area contributed by atoms with Gasteiger partial charge in [-0.05, 0) is 0 Å². The number of hydrogen-bond acceptors (Lipinski definition) is 3. The van der Waals surface area contributed by atoms with Gasteiger partial charge in [0.15, 0.2) is 0 Å². The van der Waals surface area contributed by atoms with Crippen LogP contribution in [0.1, 0.15) is 26.2 Å². The van der Waals surface area contributed by atoms with E-state index < -0.39 is 0 Å². The largest absolute Gasteiger partial charge is 0.169 e. The van der Waals surface area contributed by atoms with E-state index in [1.807, 2.05) is 13.0 Å². The van der Waals surface area contributed by atoms with Crippen LogP contribution in [0.15, 0.2) is 4.99 Å². The summed E-state index contributed by atoms with van der Waals surface area (Å²) in [6.07, 6.45) is 5.56. The standard InChI is InChI=1S/C8H13NOSe.FHS/c1-2-7-3-4-8(11-7)5-9-6-10;1-2/h7-8H,2-5H2,1H3;2H. The minimum atomic E-state index is 0.730. The molecular weight excluding hydrogens is 256 g/mol. The summed E-state index contributed by atoms with van der Waals surface area (Å²) in [6, 6.07) is 0. The minimum Gasteiger partial charge on any atom is -0.169 e. The van der Waals surface area contributed by atoms with Gasteiger partial charge in [-0.2, -0.15) is 3.89 Å². The molecule has 0 amide bonds. The number of hydrogen-bond donors (Lipinski definition) is 1. The molecule has 13 heavy (non-hydrogen) atoms. The molecule has 0 N–H and O–H groups in total. The molecule has 76 valence electrons. The van der Waals surface area contributed by atoms with Crippen LogP contribution < -0.4 is 0 Å². The average molecular weight is 270 g/mol. The van der Waals surface area contributed by atoms with E-state index in [0.29, 0.717) is 0 Å². The first-order valence-electron chi connectivity index (χ1n) is 4.22. The van der Waals surface area contributed by atoms with E-state index in [4.69, 9.17) is 0 Å². The summed E-state index contributed by atoms with van der Waals surface area (Å²) in [5, 5.41) is 0. The summed E-state index contributed by atoms with van der Waals surface area (Å²) < 4.78 is 9.19. The van der Waals surface area contributed by atoms with Crippen molar-refractivity contribution in [2.24, 2.45) is 4.99 Å². The molecule has 1 rings (SSSR count). The van der Waals surface area contributed by atoms with Crippen LogP contribution in [0.25, 0.3) is 0 Å². The summed E-state index contributed by atoms with van der Waals surface area (Å²) in [7, 11) is 0. The van der Waals surface area contributed by atoms with Crippen molar-refractivity contribution in [3.8, 4) is 0 Å². The van der Waals surface area contributed by atoms with E-state index in [0.717, 1.165) is 31.1 Å². The molecule has 0 aromatic rings. The van der Waals surface area contributed by atoms with Gasteiger partial charge in [0.2, 0.25) is 0 Å². The van der Waals surface area contributed by atoms with Gasteiger partial charge in [0.05, 0.1) is 0 Å². The third-order valence-electron chi connectivity index (χ3n) is 2.01. The van der Waals surface area contributed by atoms with Crippen molar-refractivity contribution in [1.29, 1.82) is 0 Å². The number of aliphatic imine (C=N–C) groups is 1. The molecule has 1 fully saturated rings. The molecule has 0 aliphatic carbocycles. The smallest absolute Gasteiger partial charge is 0.0278 e. The zero-order valence-corrected chi connectivity index (χ0v) is 10.2. The first-order valence-corrected chi connectivity index (χ1v) is 6.54. The van der Waals surface area contributed by atoms with E-state index in [1.165, 1.54) is 19.3 Å². The first-order chi connectivity index (χ1) is 6.36. The normalized spacial score (nSPS) is 25.8. The van der Waals surface area contributed by atoms with Gasteiger partial charge in [0.1, 0.15) is 0 Å². The maximum absolute atomic E-state index is 9.83. The molecule has 0 radical (unpaired) electrons. The number of halogens is 1. The van der Waals surface area contributed by atoms with E-state index >= 15 is 0 Å². The van der Waals surface area contributed by atoms with Crippen LogP contribution in [-0.2, 0) is 4.79 Å². The van der Waals surface area contributed by atoms with Crippen molar-refractivity contribution < 1.29 is 8.68 Å². The molecule has 0 saturated carbocycles. The number of carbonyl (C=O) groups excluding carboxylic acids is 1. The Morgan fingerprint density at radius 2 is 2.15 bits per heavy atom. The van der Waals surface area contributed by atoms with Gasteiger partial charge >= 0.3 is 73.2 Å². The predicted molar refractivity (Wildman–Crippen MR) is 55.9 cm³/mol. The Morgan fingerprint density at radius 3 is 2.62 bits per heavy atom. The number of nitrogens with zero attached hydrogens (tertiary/aromatic N) is 1. The Bertz CT molecular complexity index is 176. The summed E-state index contributed by atoms with van der Waals surface area (Å²) in [5.41, 5.74) is 0. The zero-order chi connectivity index (χ0) is 10.1. The van der Waals surface area contributed by atoms with Crippen LogP contribution in [0.5, 0.6) is 0 Å². The second-order valence-electron chi connectivity index (χ2n) is 2.80. The Morgan fingerprint density at radius 1 is 1.54 bits per heavy atom. The number of rotatable bonds is 3. The molecule has 1 aliphatic rings. The molecule has 2 nitrogen and oxygen atoms in total. The summed E-state index contributed by atoms with van der Waals surface area (Å²) >= 11 is 2.76. The zero-order valence-electron chi connectivity index (χ0n) is 7.57. The Balaban J connectivity index is 0.000000671. The topological polar surface area (TPSA) is 29.4 Å². The average Bonchev–Trinajstić information content (AvgIpc) is 2.65. The number of isocyanates is 1. The fourth-order valence-electron chi connectivity index (χ4n) is 1.35. The predicted octanol–water partition coefficient (Wildman–Crippen LogP) is 2.61. The SMILES string of the molecule is CCC1CCC(CN=C=O)[Se]1.FS. The Kier molecular flexibility index (Phi) is 8.88. The van der Waals surface area contributed by atoms with Crippen LogP contribution in [0.4, 0.5) is 3.89 Å². The summed E-state index contributed by atoms with van der Waals surface area (Å²) in [5.74, 6) is 0. The van der Waals surface area contributed by atoms with E-state index in [1.54, 1.807) is 6.08 Å². The molecule has 5 heteroatoms. The maximum atomic E-state index is 9.83. The van der Waals surface area contributed by atoms with Crippen LogP contribution in [0, 0.1) is 0 Å². The molecule has 2 atom stereocenters. The van der Waals surface area contributed by atoms with Gasteiger partial charge in [-0.1, -0.05) is 0 Å². The van der Waals surface area contributed by atoms with E-state index in [-0.39, 0.29) is 0 Å². The molecule has 1 saturated heterocycles. The minimum absolute atomic E-state index is 0.730. The second-order valence-corrected chi connectivity index (χ2v) is 6.17. The Labute approximate surface area is 90.2 Å². The van der Waals surface area contributed by atoms with Crippen LogP contribution in [0.3, 0.4) is 0 Å². The van der Waals surface area contributed by atoms with Crippen molar-refractivity contribution in [2.45, 2.75) is 35.8 Å². The monoisotopic (exact) mass is 271 g/mol. The van der Waals surface area contributed by atoms with Gasteiger partial charge < -0.3 is 0 Å². The summed E-state index contributed by atoms with van der Waals surface area (Å²) in [6.45, 7) is 2.98. The van der Waals surface area contributed by atoms with Crippen molar-refractivity contribution in [3.63, 3.8) is 0 Å². The third kappa shape index (κ3) is 5.48. The third-order valence-corrected chi connectivity index (χ3v) is 5.63. The molecule has 1 heterocycles. The Hall–Kier alpha value is 0.179. The van der Waals surface area contributed by atoms with Gasteiger partial charge in [0.25, 0.3) is 0 Å². The van der Waals surface area contributed by atoms with Crippen LogP contribution >= 0.6 is 13.0 Å². The van der Waals surface area contributed by atoms with Gasteiger partial charge in [-0.3, -0.25) is 0 Å². The molecule has 2 unspecified atom stereocenters. The first kappa shape index (κ1) is 13.2. The van der Waals surface area contributed by atoms with E-state index in [9.17, 15) is 8.68 Å². The quantitative estimate of drug-likeness (QED) is 0.363. The molecular formula is C8H14FNOSSe. The fourth-order valence-corrected chi connectivity index (χ4v) is 4.38. The van der Waals surface area contributed by atoms with Gasteiger partial charge in [-0.25, -0.2) is 0 Å². The van der Waals surface area contributed by atoms with Gasteiger partial charge in [-0.15, -0.1) is 0 Å². The van der Waals surface area contributed by atoms with Crippen molar-refractivity contribution in [2.75, 3.05) is 6.54 Å². The fraction of sp³-hybridized carbons (Fsp3) is 0.875.